The first-order valence-electron chi connectivity index (χ1n) is 11.8. The number of fused-ring (bicyclic) bond motifs is 1. The number of amides is 1. The van der Waals surface area contributed by atoms with Gasteiger partial charge in [0, 0.05) is 56.5 Å². The topological polar surface area (TPSA) is 72.8 Å². The van der Waals surface area contributed by atoms with Crippen molar-refractivity contribution in [2.75, 3.05) is 33.4 Å². The number of carbonyl (C=O) groups is 1. The maximum absolute atomic E-state index is 13.7. The molecule has 0 spiro atoms. The summed E-state index contributed by atoms with van der Waals surface area (Å²) >= 11 is 0. The second-order valence-electron chi connectivity index (χ2n) is 8.68. The maximum Gasteiger partial charge on any atom is 0.259 e. The summed E-state index contributed by atoms with van der Waals surface area (Å²) in [5.41, 5.74) is 0.827. The van der Waals surface area contributed by atoms with Crippen molar-refractivity contribution in [3.8, 4) is 5.75 Å². The Morgan fingerprint density at radius 1 is 1.30 bits per heavy atom. The number of ether oxygens (including phenoxy) is 2. The SMILES string of the molecule is CCOc1ccc2c(=O)c(C(=O)N(C(C)C)[C@@H]3CCCNC3)cn(CCCCOC)c2c1.Cl. The van der Waals surface area contributed by atoms with Gasteiger partial charge in [0.25, 0.3) is 5.91 Å². The monoisotopic (exact) mass is 479 g/mol. The average molecular weight is 480 g/mol. The van der Waals surface area contributed by atoms with Crippen LogP contribution in [0.2, 0.25) is 0 Å². The molecule has 1 atom stereocenters. The number of hydrogen-bond acceptors (Lipinski definition) is 5. The number of nitrogens with one attached hydrogen (secondary N) is 1. The van der Waals surface area contributed by atoms with Crippen molar-refractivity contribution in [3.63, 3.8) is 0 Å². The predicted octanol–water partition coefficient (Wildman–Crippen LogP) is 3.85. The number of pyridine rings is 1. The van der Waals surface area contributed by atoms with Gasteiger partial charge in [-0.3, -0.25) is 9.59 Å². The van der Waals surface area contributed by atoms with Gasteiger partial charge >= 0.3 is 0 Å². The number of benzene rings is 1. The lowest BCUT2D eigenvalue weighted by atomic mass is 10.0. The van der Waals surface area contributed by atoms with Gasteiger partial charge < -0.3 is 24.3 Å². The molecule has 1 saturated heterocycles. The standard InChI is InChI=1S/C25H37N3O4.ClH/c1-5-32-20-10-11-21-23(15-20)27(13-6-7-14-31-4)17-22(24(21)29)25(30)28(18(2)3)19-9-8-12-26-16-19;/h10-11,15,17-19,26H,5-9,12-14,16H2,1-4H3;1H/t19-;/m1./s1. The van der Waals surface area contributed by atoms with Crippen LogP contribution in [-0.2, 0) is 11.3 Å². The highest BCUT2D eigenvalue weighted by molar-refractivity contribution is 5.98. The van der Waals surface area contributed by atoms with Crippen LogP contribution in [0.5, 0.6) is 5.75 Å². The van der Waals surface area contributed by atoms with Crippen LogP contribution in [0, 0.1) is 0 Å². The molecule has 0 aliphatic carbocycles. The molecule has 1 fully saturated rings. The van der Waals surface area contributed by atoms with Gasteiger partial charge in [0.05, 0.1) is 12.1 Å². The zero-order valence-corrected chi connectivity index (χ0v) is 21.1. The second-order valence-corrected chi connectivity index (χ2v) is 8.68. The van der Waals surface area contributed by atoms with Crippen molar-refractivity contribution in [3.05, 3.63) is 40.2 Å². The summed E-state index contributed by atoms with van der Waals surface area (Å²) in [5.74, 6) is 0.543. The summed E-state index contributed by atoms with van der Waals surface area (Å²) < 4.78 is 12.9. The quantitative estimate of drug-likeness (QED) is 0.524. The third-order valence-corrected chi connectivity index (χ3v) is 6.05. The zero-order chi connectivity index (χ0) is 23.1. The van der Waals surface area contributed by atoms with E-state index in [-0.39, 0.29) is 41.4 Å². The molecule has 7 nitrogen and oxygen atoms in total. The van der Waals surface area contributed by atoms with Crippen LogP contribution >= 0.6 is 12.4 Å². The summed E-state index contributed by atoms with van der Waals surface area (Å²) in [4.78, 5) is 29.0. The van der Waals surface area contributed by atoms with Crippen molar-refractivity contribution in [1.82, 2.24) is 14.8 Å². The average Bonchev–Trinajstić information content (AvgIpc) is 2.79. The fraction of sp³-hybridized carbons (Fsp3) is 0.600. The van der Waals surface area contributed by atoms with E-state index in [4.69, 9.17) is 9.47 Å². The molecule has 1 aliphatic heterocycles. The molecule has 0 saturated carbocycles. The Bertz CT molecular complexity index is 970. The van der Waals surface area contributed by atoms with Gasteiger partial charge in [0.15, 0.2) is 0 Å². The van der Waals surface area contributed by atoms with Crippen LogP contribution in [0.1, 0.15) is 56.8 Å². The number of aromatic nitrogens is 1. The maximum atomic E-state index is 13.7. The number of rotatable bonds is 10. The minimum Gasteiger partial charge on any atom is -0.494 e. The molecule has 1 aromatic carbocycles. The fourth-order valence-electron chi connectivity index (χ4n) is 4.52. The van der Waals surface area contributed by atoms with Gasteiger partial charge in [-0.25, -0.2) is 0 Å². The number of hydrogen-bond donors (Lipinski definition) is 1. The number of nitrogens with zero attached hydrogens (tertiary/aromatic N) is 2. The summed E-state index contributed by atoms with van der Waals surface area (Å²) in [5, 5.41) is 3.94. The molecule has 2 aromatic rings. The van der Waals surface area contributed by atoms with Gasteiger partial charge in [-0.1, -0.05) is 0 Å². The van der Waals surface area contributed by atoms with Gasteiger partial charge in [0.1, 0.15) is 11.3 Å². The molecule has 1 aliphatic rings. The number of unbranched alkanes of at least 4 members (excludes halogenated alkanes) is 1. The Morgan fingerprint density at radius 3 is 2.73 bits per heavy atom. The smallest absolute Gasteiger partial charge is 0.259 e. The molecule has 33 heavy (non-hydrogen) atoms. The van der Waals surface area contributed by atoms with E-state index >= 15 is 0 Å². The molecular formula is C25H38ClN3O4. The number of methoxy groups -OCH3 is 1. The van der Waals surface area contributed by atoms with Gasteiger partial charge in [-0.05, 0) is 65.1 Å². The predicted molar refractivity (Wildman–Crippen MR) is 135 cm³/mol. The minimum atomic E-state index is -0.212. The zero-order valence-electron chi connectivity index (χ0n) is 20.3. The van der Waals surface area contributed by atoms with E-state index < -0.39 is 0 Å². The van der Waals surface area contributed by atoms with Gasteiger partial charge in [0.2, 0.25) is 5.43 Å². The summed E-state index contributed by atoms with van der Waals surface area (Å²) in [7, 11) is 1.69. The van der Waals surface area contributed by atoms with E-state index in [0.29, 0.717) is 25.1 Å². The van der Waals surface area contributed by atoms with Crippen LogP contribution in [-0.4, -0.2) is 60.9 Å². The summed E-state index contributed by atoms with van der Waals surface area (Å²) in [6.07, 6.45) is 5.53. The van der Waals surface area contributed by atoms with Crippen molar-refractivity contribution >= 4 is 29.2 Å². The van der Waals surface area contributed by atoms with Crippen LogP contribution in [0.4, 0.5) is 0 Å². The third-order valence-electron chi connectivity index (χ3n) is 6.05. The first-order valence-corrected chi connectivity index (χ1v) is 11.8. The highest BCUT2D eigenvalue weighted by atomic mass is 35.5. The highest BCUT2D eigenvalue weighted by Gasteiger charge is 2.30. The Morgan fingerprint density at radius 2 is 2.09 bits per heavy atom. The Labute approximate surface area is 202 Å². The molecule has 2 heterocycles. The van der Waals surface area contributed by atoms with Gasteiger partial charge in [-0.2, -0.15) is 0 Å². The van der Waals surface area contributed by atoms with E-state index in [1.165, 1.54) is 0 Å². The molecule has 8 heteroatoms. The van der Waals surface area contributed by atoms with Crippen molar-refractivity contribution < 1.29 is 14.3 Å². The number of halogens is 1. The Balaban J connectivity index is 0.00000385. The normalized spacial score (nSPS) is 16.0. The molecular weight excluding hydrogens is 442 g/mol. The van der Waals surface area contributed by atoms with Crippen molar-refractivity contribution in [2.24, 2.45) is 0 Å². The lowest BCUT2D eigenvalue weighted by Gasteiger charge is -2.37. The number of aryl methyl sites for hydroxylation is 1. The van der Waals surface area contributed by atoms with Crippen LogP contribution < -0.4 is 15.5 Å². The molecule has 0 bridgehead atoms. The minimum absolute atomic E-state index is 0. The van der Waals surface area contributed by atoms with Crippen LogP contribution in [0.3, 0.4) is 0 Å². The number of piperidine rings is 1. The van der Waals surface area contributed by atoms with E-state index in [0.717, 1.165) is 50.0 Å². The molecule has 1 amide bonds. The Hall–Kier alpha value is -2.09. The van der Waals surface area contributed by atoms with E-state index in [2.05, 4.69) is 5.32 Å². The highest BCUT2D eigenvalue weighted by Crippen LogP contribution is 2.22. The first kappa shape index (κ1) is 27.2. The second kappa shape index (κ2) is 13.0. The molecule has 3 rings (SSSR count). The fourth-order valence-corrected chi connectivity index (χ4v) is 4.52. The lowest BCUT2D eigenvalue weighted by molar-refractivity contribution is 0.0571. The Kier molecular flexibility index (Phi) is 10.7. The van der Waals surface area contributed by atoms with Crippen LogP contribution in [0.25, 0.3) is 10.9 Å². The number of carbonyl (C=O) groups excluding carboxylic acids is 1. The van der Waals surface area contributed by atoms with Crippen molar-refractivity contribution in [1.29, 1.82) is 0 Å². The third kappa shape index (κ3) is 6.49. The van der Waals surface area contributed by atoms with Gasteiger partial charge in [-0.15, -0.1) is 12.4 Å². The van der Waals surface area contributed by atoms with E-state index in [9.17, 15) is 9.59 Å². The molecule has 0 unspecified atom stereocenters. The molecule has 0 radical (unpaired) electrons. The van der Waals surface area contributed by atoms with Crippen molar-refractivity contribution in [2.45, 2.75) is 65.1 Å². The van der Waals surface area contributed by atoms with E-state index in [1.54, 1.807) is 19.4 Å². The largest absolute Gasteiger partial charge is 0.494 e. The van der Waals surface area contributed by atoms with E-state index in [1.807, 2.05) is 42.4 Å². The molecule has 1 aromatic heterocycles. The summed E-state index contributed by atoms with van der Waals surface area (Å²) in [6, 6.07) is 5.60. The van der Waals surface area contributed by atoms with Crippen LogP contribution in [0.15, 0.2) is 29.2 Å². The molecule has 1 N–H and O–H groups in total. The first-order chi connectivity index (χ1) is 15.5. The summed E-state index contributed by atoms with van der Waals surface area (Å²) in [6.45, 7) is 9.65. The lowest BCUT2D eigenvalue weighted by Crippen LogP contribution is -2.52. The molecule has 184 valence electrons.